The maximum absolute atomic E-state index is 12.8. The van der Waals surface area contributed by atoms with Gasteiger partial charge in [0.15, 0.2) is 0 Å². The van der Waals surface area contributed by atoms with Crippen LogP contribution in [0.3, 0.4) is 0 Å². The largest absolute Gasteiger partial charge is 0.744 e. The van der Waals surface area contributed by atoms with E-state index in [1.807, 2.05) is 12.1 Å². The molecule has 5 nitrogen and oxygen atoms in total. The first-order valence-corrected chi connectivity index (χ1v) is 14.0. The molecule has 4 aliphatic carbocycles. The molecule has 6 rings (SSSR count). The Morgan fingerprint density at radius 3 is 2.16 bits per heavy atom. The van der Waals surface area contributed by atoms with Crippen molar-refractivity contribution in [2.75, 3.05) is 0 Å². The lowest BCUT2D eigenvalue weighted by molar-refractivity contribution is -0.00374. The highest BCUT2D eigenvalue weighted by atomic mass is 127. The van der Waals surface area contributed by atoms with E-state index in [2.05, 4.69) is 45.2 Å². The monoisotopic (exact) mass is 663 g/mol. The second-order valence-electron chi connectivity index (χ2n) is 9.12. The Hall–Kier alpha value is -0.720. The number of hydrogen-bond acceptors (Lipinski definition) is 5. The Balaban J connectivity index is 1.50. The quantitative estimate of drug-likeness (QED) is 0.185. The van der Waals surface area contributed by atoms with Gasteiger partial charge in [-0.05, 0) is 149 Å². The zero-order valence-corrected chi connectivity index (χ0v) is 21.7. The molecule has 0 radical (unpaired) electrons. The van der Waals surface area contributed by atoms with E-state index in [0.717, 1.165) is 44.7 Å². The first kappa shape index (κ1) is 22.1. The van der Waals surface area contributed by atoms with Crippen LogP contribution in [0.5, 0.6) is 5.75 Å². The summed E-state index contributed by atoms with van der Waals surface area (Å²) >= 11 is 4.28. The van der Waals surface area contributed by atoms with Crippen molar-refractivity contribution < 1.29 is 22.5 Å². The number of benzene rings is 2. The Kier molecular flexibility index (Phi) is 5.88. The molecule has 4 saturated carbocycles. The molecule has 8 heteroatoms. The molecule has 0 N–H and O–H groups in total. The molecule has 0 heterocycles. The summed E-state index contributed by atoms with van der Waals surface area (Å²) in [6, 6.07) is 9.83. The summed E-state index contributed by atoms with van der Waals surface area (Å²) in [4.78, 5) is 12.6. The van der Waals surface area contributed by atoms with Crippen molar-refractivity contribution in [1.82, 2.24) is 0 Å². The van der Waals surface area contributed by atoms with Gasteiger partial charge in [0.05, 0.1) is 10.5 Å². The van der Waals surface area contributed by atoms with Gasteiger partial charge in [-0.25, -0.2) is 13.2 Å². The van der Waals surface area contributed by atoms with Crippen LogP contribution in [0.25, 0.3) is 0 Å². The van der Waals surface area contributed by atoms with Crippen LogP contribution in [0, 0.1) is 30.8 Å². The molecule has 0 aliphatic heterocycles. The summed E-state index contributed by atoms with van der Waals surface area (Å²) in [7, 11) is -4.62. The highest BCUT2D eigenvalue weighted by Crippen LogP contribution is 2.60. The summed E-state index contributed by atoms with van der Waals surface area (Å²) < 4.78 is 43.6. The summed E-state index contributed by atoms with van der Waals surface area (Å²) in [5, 5.41) is 0. The van der Waals surface area contributed by atoms with Crippen molar-refractivity contribution >= 4 is 61.3 Å². The lowest BCUT2D eigenvalue weighted by atomic mass is 9.51. The Labute approximate surface area is 209 Å². The number of carbonyl (C=O) groups excluding carboxylic acids is 1. The summed E-state index contributed by atoms with van der Waals surface area (Å²) in [5.74, 6) is 2.11. The fourth-order valence-corrected chi connectivity index (χ4v) is 8.87. The molecular formula is C23H21I2O5S-. The molecule has 2 aromatic rings. The molecule has 0 unspecified atom stereocenters. The number of hydrogen-bond donors (Lipinski definition) is 0. The lowest BCUT2D eigenvalue weighted by Crippen LogP contribution is -2.44. The fourth-order valence-electron chi connectivity index (χ4n) is 6.33. The van der Waals surface area contributed by atoms with Gasteiger partial charge in [-0.2, -0.15) is 0 Å². The molecule has 0 atom stereocenters. The average molecular weight is 663 g/mol. The van der Waals surface area contributed by atoms with Gasteiger partial charge in [-0.1, -0.05) is 0 Å². The Morgan fingerprint density at radius 1 is 0.935 bits per heavy atom. The SMILES string of the molecule is O=C(Oc1ccc(S(=O)(=O)[O-])c(C2C3CC4CC(C3)CC2C4)c1)c1ccc(I)cc1I. The number of ether oxygens (including phenoxy) is 1. The van der Waals surface area contributed by atoms with Crippen LogP contribution >= 0.6 is 45.2 Å². The second kappa shape index (κ2) is 8.25. The smallest absolute Gasteiger partial charge is 0.344 e. The van der Waals surface area contributed by atoms with Gasteiger partial charge in [0, 0.05) is 7.14 Å². The minimum absolute atomic E-state index is 0.0450. The first-order valence-electron chi connectivity index (χ1n) is 10.5. The minimum Gasteiger partial charge on any atom is -0.744 e. The normalized spacial score (nSPS) is 29.2. The molecule has 31 heavy (non-hydrogen) atoms. The topological polar surface area (TPSA) is 83.5 Å². The molecular weight excluding hydrogens is 642 g/mol. The van der Waals surface area contributed by atoms with E-state index in [-0.39, 0.29) is 16.6 Å². The van der Waals surface area contributed by atoms with Gasteiger partial charge in [0.1, 0.15) is 15.9 Å². The zero-order chi connectivity index (χ0) is 21.9. The molecule has 4 fully saturated rings. The van der Waals surface area contributed by atoms with Gasteiger partial charge >= 0.3 is 5.97 Å². The minimum atomic E-state index is -4.62. The van der Waals surface area contributed by atoms with Crippen molar-refractivity contribution in [3.05, 3.63) is 54.7 Å². The van der Waals surface area contributed by atoms with E-state index in [9.17, 15) is 17.8 Å². The number of esters is 1. The molecule has 164 valence electrons. The molecule has 0 aromatic heterocycles. The first-order chi connectivity index (χ1) is 14.7. The van der Waals surface area contributed by atoms with Crippen molar-refractivity contribution in [2.24, 2.45) is 23.7 Å². The molecule has 0 spiro atoms. The number of halogens is 2. The Morgan fingerprint density at radius 2 is 1.58 bits per heavy atom. The van der Waals surface area contributed by atoms with Crippen LogP contribution in [0.1, 0.15) is 53.9 Å². The number of rotatable bonds is 4. The van der Waals surface area contributed by atoms with E-state index in [1.54, 1.807) is 12.1 Å². The molecule has 2 aromatic carbocycles. The standard InChI is InChI=1S/C23H22I2O5S/c24-16-1-3-18(20(25)10-16)23(26)30-17-2-4-21(31(27,28)29)19(11-17)22-14-6-12-5-13(8-14)9-15(22)7-12/h1-4,10-15,22H,5-9H2,(H,27,28,29)/p-1. The molecule has 0 saturated heterocycles. The van der Waals surface area contributed by atoms with E-state index >= 15 is 0 Å². The van der Waals surface area contributed by atoms with Crippen LogP contribution in [0.2, 0.25) is 0 Å². The van der Waals surface area contributed by atoms with Crippen molar-refractivity contribution in [1.29, 1.82) is 0 Å². The second-order valence-corrected chi connectivity index (χ2v) is 12.9. The molecule has 4 bridgehead atoms. The molecule has 0 amide bonds. The number of carbonyl (C=O) groups is 1. The van der Waals surface area contributed by atoms with Crippen LogP contribution in [-0.2, 0) is 10.1 Å². The average Bonchev–Trinajstić information content (AvgIpc) is 2.66. The summed E-state index contributed by atoms with van der Waals surface area (Å²) in [6.45, 7) is 0. The third-order valence-electron chi connectivity index (χ3n) is 7.20. The third-order valence-corrected chi connectivity index (χ3v) is 9.67. The summed E-state index contributed by atoms with van der Waals surface area (Å²) in [6.07, 6.45) is 5.68. The third kappa shape index (κ3) is 4.29. The van der Waals surface area contributed by atoms with Crippen LogP contribution in [0.4, 0.5) is 0 Å². The van der Waals surface area contributed by atoms with Crippen LogP contribution < -0.4 is 4.74 Å². The maximum Gasteiger partial charge on any atom is 0.344 e. The summed E-state index contributed by atoms with van der Waals surface area (Å²) in [5.41, 5.74) is 1.00. The highest BCUT2D eigenvalue weighted by Gasteiger charge is 2.49. The van der Waals surface area contributed by atoms with E-state index in [4.69, 9.17) is 4.74 Å². The van der Waals surface area contributed by atoms with Gasteiger partial charge in [-0.3, -0.25) is 0 Å². The lowest BCUT2D eigenvalue weighted by Gasteiger charge is -2.55. The van der Waals surface area contributed by atoms with E-state index < -0.39 is 16.1 Å². The predicted molar refractivity (Wildman–Crippen MR) is 131 cm³/mol. The van der Waals surface area contributed by atoms with Crippen molar-refractivity contribution in [3.63, 3.8) is 0 Å². The maximum atomic E-state index is 12.8. The highest BCUT2D eigenvalue weighted by molar-refractivity contribution is 14.1. The predicted octanol–water partition coefficient (Wildman–Crippen LogP) is 5.56. The van der Waals surface area contributed by atoms with Crippen LogP contribution in [-0.4, -0.2) is 18.9 Å². The van der Waals surface area contributed by atoms with Gasteiger partial charge in [-0.15, -0.1) is 0 Å². The van der Waals surface area contributed by atoms with Crippen molar-refractivity contribution in [2.45, 2.75) is 42.9 Å². The van der Waals surface area contributed by atoms with Crippen LogP contribution in [0.15, 0.2) is 41.3 Å². The molecule has 4 aliphatic rings. The van der Waals surface area contributed by atoms with Crippen molar-refractivity contribution in [3.8, 4) is 5.75 Å². The van der Waals surface area contributed by atoms with E-state index in [1.165, 1.54) is 18.6 Å². The van der Waals surface area contributed by atoms with Gasteiger partial charge < -0.3 is 9.29 Å². The van der Waals surface area contributed by atoms with Gasteiger partial charge in [0.2, 0.25) is 0 Å². The van der Waals surface area contributed by atoms with Gasteiger partial charge in [0.25, 0.3) is 0 Å². The fraction of sp³-hybridized carbons (Fsp3) is 0.435. The zero-order valence-electron chi connectivity index (χ0n) is 16.6. The van der Waals surface area contributed by atoms with E-state index in [0.29, 0.717) is 23.0 Å². The Bertz CT molecular complexity index is 1130.